The van der Waals surface area contributed by atoms with Crippen molar-refractivity contribution >= 4 is 34.8 Å². The number of nitrogens with zero attached hydrogens (tertiary/aromatic N) is 3. The fourth-order valence-electron chi connectivity index (χ4n) is 1.45. The van der Waals surface area contributed by atoms with Crippen LogP contribution in [0.5, 0.6) is 0 Å². The molecule has 18 heavy (non-hydrogen) atoms. The average molecular weight is 284 g/mol. The molecule has 2 aromatic rings. The highest BCUT2D eigenvalue weighted by molar-refractivity contribution is 7.10. The molecule has 0 saturated carbocycles. The van der Waals surface area contributed by atoms with Crippen molar-refractivity contribution in [3.63, 3.8) is 0 Å². The molecular weight excluding hydrogens is 270 g/mol. The van der Waals surface area contributed by atoms with Crippen LogP contribution in [-0.2, 0) is 0 Å². The summed E-state index contributed by atoms with van der Waals surface area (Å²) < 4.78 is 0. The van der Waals surface area contributed by atoms with Crippen LogP contribution in [0.25, 0.3) is 0 Å². The minimum Gasteiger partial charge on any atom is -0.354 e. The van der Waals surface area contributed by atoms with E-state index in [0.29, 0.717) is 11.9 Å². The summed E-state index contributed by atoms with van der Waals surface area (Å²) in [6, 6.07) is 4.22. The second-order valence-electron chi connectivity index (χ2n) is 3.66. The number of halogens is 1. The second kappa shape index (κ2) is 5.97. The molecule has 0 aliphatic heterocycles. The molecular formula is C11H14ClN5S. The van der Waals surface area contributed by atoms with Gasteiger partial charge in [0.15, 0.2) is 0 Å². The number of hydrogen-bond acceptors (Lipinski definition) is 6. The van der Waals surface area contributed by atoms with Crippen molar-refractivity contribution in [3.8, 4) is 0 Å². The highest BCUT2D eigenvalue weighted by atomic mass is 35.5. The summed E-state index contributed by atoms with van der Waals surface area (Å²) in [5, 5.41) is 8.44. The topological polar surface area (TPSA) is 62.7 Å². The molecule has 2 N–H and O–H groups in total. The van der Waals surface area contributed by atoms with Gasteiger partial charge in [-0.2, -0.15) is 15.0 Å². The van der Waals surface area contributed by atoms with Crippen molar-refractivity contribution in [1.29, 1.82) is 0 Å². The van der Waals surface area contributed by atoms with Crippen molar-refractivity contribution in [2.24, 2.45) is 0 Å². The fraction of sp³-hybridized carbons (Fsp3) is 0.364. The third-order valence-corrected chi connectivity index (χ3v) is 3.48. The minimum absolute atomic E-state index is 0.137. The molecule has 1 atom stereocenters. The highest BCUT2D eigenvalue weighted by Gasteiger charge is 2.10. The van der Waals surface area contributed by atoms with Gasteiger partial charge < -0.3 is 10.6 Å². The van der Waals surface area contributed by atoms with E-state index < -0.39 is 0 Å². The van der Waals surface area contributed by atoms with Crippen molar-refractivity contribution < 1.29 is 0 Å². The number of thiophene rings is 1. The number of anilines is 2. The number of aromatic nitrogens is 3. The molecule has 0 bridgehead atoms. The van der Waals surface area contributed by atoms with Gasteiger partial charge in [-0.1, -0.05) is 6.07 Å². The maximum absolute atomic E-state index is 5.85. The van der Waals surface area contributed by atoms with Crippen LogP contribution in [0, 0.1) is 0 Å². The summed E-state index contributed by atoms with van der Waals surface area (Å²) in [4.78, 5) is 13.5. The van der Waals surface area contributed by atoms with Gasteiger partial charge in [-0.15, -0.1) is 11.3 Å². The first-order valence-electron chi connectivity index (χ1n) is 5.64. The van der Waals surface area contributed by atoms with Gasteiger partial charge >= 0.3 is 0 Å². The van der Waals surface area contributed by atoms with E-state index in [0.717, 1.165) is 6.54 Å². The van der Waals surface area contributed by atoms with Gasteiger partial charge in [0.05, 0.1) is 6.04 Å². The van der Waals surface area contributed by atoms with Crippen molar-refractivity contribution in [2.45, 2.75) is 19.9 Å². The van der Waals surface area contributed by atoms with E-state index >= 15 is 0 Å². The molecule has 2 rings (SSSR count). The van der Waals surface area contributed by atoms with E-state index in [-0.39, 0.29) is 11.3 Å². The van der Waals surface area contributed by atoms with E-state index in [2.05, 4.69) is 38.6 Å². The Labute approximate surface area is 115 Å². The fourth-order valence-corrected chi connectivity index (χ4v) is 2.35. The third-order valence-electron chi connectivity index (χ3n) is 2.26. The Bertz CT molecular complexity index is 502. The lowest BCUT2D eigenvalue weighted by Gasteiger charge is -2.12. The Hall–Kier alpha value is -1.40. The highest BCUT2D eigenvalue weighted by Crippen LogP contribution is 2.22. The lowest BCUT2D eigenvalue weighted by molar-refractivity contribution is 0.871. The number of rotatable bonds is 5. The molecule has 0 saturated heterocycles. The second-order valence-corrected chi connectivity index (χ2v) is 4.98. The van der Waals surface area contributed by atoms with E-state index in [9.17, 15) is 0 Å². The van der Waals surface area contributed by atoms with Crippen LogP contribution >= 0.6 is 22.9 Å². The first kappa shape index (κ1) is 13.0. The molecule has 0 fully saturated rings. The molecule has 0 aliphatic carbocycles. The number of hydrogen-bond donors (Lipinski definition) is 2. The maximum Gasteiger partial charge on any atom is 0.229 e. The average Bonchev–Trinajstić information content (AvgIpc) is 2.81. The van der Waals surface area contributed by atoms with Crippen LogP contribution < -0.4 is 10.6 Å². The molecule has 1 unspecified atom stereocenters. The Morgan fingerprint density at radius 3 is 2.78 bits per heavy atom. The minimum atomic E-state index is 0.137. The maximum atomic E-state index is 5.85. The summed E-state index contributed by atoms with van der Waals surface area (Å²) in [6.45, 7) is 4.76. The zero-order chi connectivity index (χ0) is 13.0. The van der Waals surface area contributed by atoms with Gasteiger partial charge in [0.25, 0.3) is 0 Å². The Morgan fingerprint density at radius 1 is 1.33 bits per heavy atom. The molecule has 0 spiro atoms. The predicted octanol–water partition coefficient (Wildman–Crippen LogP) is 3.19. The van der Waals surface area contributed by atoms with Gasteiger partial charge in [-0.05, 0) is 36.9 Å². The smallest absolute Gasteiger partial charge is 0.229 e. The SMILES string of the molecule is CCNc1nc(Cl)nc(NC(C)c2cccs2)n1. The molecule has 2 heterocycles. The summed E-state index contributed by atoms with van der Waals surface area (Å²) in [6.07, 6.45) is 0. The van der Waals surface area contributed by atoms with Crippen molar-refractivity contribution in [1.82, 2.24) is 15.0 Å². The zero-order valence-corrected chi connectivity index (χ0v) is 11.7. The van der Waals surface area contributed by atoms with Crippen LogP contribution in [0.4, 0.5) is 11.9 Å². The molecule has 0 amide bonds. The number of nitrogens with one attached hydrogen (secondary N) is 2. The largest absolute Gasteiger partial charge is 0.354 e. The van der Waals surface area contributed by atoms with Crippen molar-refractivity contribution in [2.75, 3.05) is 17.2 Å². The van der Waals surface area contributed by atoms with Crippen LogP contribution in [0.3, 0.4) is 0 Å². The van der Waals surface area contributed by atoms with Crippen molar-refractivity contribution in [3.05, 3.63) is 27.7 Å². The van der Waals surface area contributed by atoms with Gasteiger partial charge in [0.2, 0.25) is 17.2 Å². The standard InChI is InChI=1S/C11H14ClN5S/c1-3-13-10-15-9(12)16-11(17-10)14-7(2)8-5-4-6-18-8/h4-7H,3H2,1-2H3,(H2,13,14,15,16,17). The molecule has 2 aromatic heterocycles. The van der Waals surface area contributed by atoms with E-state index in [1.54, 1.807) is 11.3 Å². The third kappa shape index (κ3) is 3.30. The van der Waals surface area contributed by atoms with Crippen LogP contribution in [0.2, 0.25) is 5.28 Å². The normalized spacial score (nSPS) is 12.2. The van der Waals surface area contributed by atoms with Gasteiger partial charge in [-0.25, -0.2) is 0 Å². The zero-order valence-electron chi connectivity index (χ0n) is 10.1. The first-order valence-corrected chi connectivity index (χ1v) is 6.90. The molecule has 0 aliphatic rings. The molecule has 96 valence electrons. The lowest BCUT2D eigenvalue weighted by atomic mass is 10.3. The monoisotopic (exact) mass is 283 g/mol. The van der Waals surface area contributed by atoms with E-state index in [1.165, 1.54) is 4.88 Å². The Morgan fingerprint density at radius 2 is 2.11 bits per heavy atom. The van der Waals surface area contributed by atoms with E-state index in [1.807, 2.05) is 18.4 Å². The summed E-state index contributed by atoms with van der Waals surface area (Å²) >= 11 is 7.54. The lowest BCUT2D eigenvalue weighted by Crippen LogP contribution is -2.11. The summed E-state index contributed by atoms with van der Waals surface area (Å²) in [7, 11) is 0. The Kier molecular flexibility index (Phi) is 4.33. The first-order chi connectivity index (χ1) is 8.69. The molecule has 7 heteroatoms. The van der Waals surface area contributed by atoms with E-state index in [4.69, 9.17) is 11.6 Å². The van der Waals surface area contributed by atoms with Gasteiger partial charge in [0.1, 0.15) is 0 Å². The Balaban J connectivity index is 2.13. The molecule has 0 aromatic carbocycles. The van der Waals surface area contributed by atoms with Crippen LogP contribution in [-0.4, -0.2) is 21.5 Å². The predicted molar refractivity (Wildman–Crippen MR) is 75.4 cm³/mol. The quantitative estimate of drug-likeness (QED) is 0.882. The van der Waals surface area contributed by atoms with Crippen LogP contribution in [0.15, 0.2) is 17.5 Å². The van der Waals surface area contributed by atoms with Crippen LogP contribution in [0.1, 0.15) is 24.8 Å². The molecule has 0 radical (unpaired) electrons. The van der Waals surface area contributed by atoms with Gasteiger partial charge in [0, 0.05) is 11.4 Å². The molecule has 5 nitrogen and oxygen atoms in total. The summed E-state index contributed by atoms with van der Waals surface area (Å²) in [5.41, 5.74) is 0. The van der Waals surface area contributed by atoms with Gasteiger partial charge in [-0.3, -0.25) is 0 Å². The summed E-state index contributed by atoms with van der Waals surface area (Å²) in [5.74, 6) is 0.963.